The van der Waals surface area contributed by atoms with Crippen LogP contribution in [0.1, 0.15) is 78.1 Å². The number of hydrogen-bond acceptors (Lipinski definition) is 11. The quantitative estimate of drug-likeness (QED) is 0.346. The van der Waals surface area contributed by atoms with Crippen molar-refractivity contribution in [3.05, 3.63) is 36.5 Å². The van der Waals surface area contributed by atoms with Gasteiger partial charge in [-0.25, -0.2) is 18.2 Å². The van der Waals surface area contributed by atoms with Gasteiger partial charge in [-0.3, -0.25) is 19.1 Å². The number of nitrogens with one attached hydrogen (secondary N) is 3. The Hall–Kier alpha value is -4.60. The van der Waals surface area contributed by atoms with Crippen LogP contribution in [0.15, 0.2) is 36.5 Å². The van der Waals surface area contributed by atoms with Crippen LogP contribution in [0.4, 0.5) is 10.5 Å². The molecule has 2 unspecified atom stereocenters. The lowest BCUT2D eigenvalue weighted by molar-refractivity contribution is -0.142. The molecule has 312 valence electrons. The molecule has 2 aromatic rings. The third-order valence-corrected chi connectivity index (χ3v) is 15.4. The molecule has 4 saturated carbocycles. The summed E-state index contributed by atoms with van der Waals surface area (Å²) in [6.45, 7) is 5.33. The summed E-state index contributed by atoms with van der Waals surface area (Å²) in [6.07, 6.45) is 10.2. The van der Waals surface area contributed by atoms with Gasteiger partial charge in [0.25, 0.3) is 5.91 Å². The Morgan fingerprint density at radius 2 is 1.79 bits per heavy atom. The Balaban J connectivity index is 1.02. The van der Waals surface area contributed by atoms with Gasteiger partial charge in [-0.05, 0) is 99.7 Å². The van der Waals surface area contributed by atoms with Crippen molar-refractivity contribution in [3.8, 4) is 11.6 Å². The van der Waals surface area contributed by atoms with Crippen LogP contribution in [0.5, 0.6) is 11.6 Å². The molecule has 0 spiro atoms. The van der Waals surface area contributed by atoms with Crippen molar-refractivity contribution < 1.29 is 41.8 Å². The highest BCUT2D eigenvalue weighted by Crippen LogP contribution is 2.52. The van der Waals surface area contributed by atoms with Gasteiger partial charge in [0.05, 0.1) is 24.0 Å². The topological polar surface area (TPSA) is 186 Å². The zero-order valence-electron chi connectivity index (χ0n) is 33.4. The zero-order valence-corrected chi connectivity index (χ0v) is 34.2. The summed E-state index contributed by atoms with van der Waals surface area (Å²) < 4.78 is 46.7. The Labute approximate surface area is 339 Å². The van der Waals surface area contributed by atoms with Gasteiger partial charge in [0.1, 0.15) is 36.4 Å². The molecule has 9 rings (SSSR count). The summed E-state index contributed by atoms with van der Waals surface area (Å²) in [7, 11) is -1.89. The van der Waals surface area contributed by atoms with E-state index in [1.807, 2.05) is 44.3 Å². The van der Waals surface area contributed by atoms with Crippen LogP contribution in [0.3, 0.4) is 0 Å². The van der Waals surface area contributed by atoms with Gasteiger partial charge in [-0.2, -0.15) is 0 Å². The zero-order chi connectivity index (χ0) is 40.5. The summed E-state index contributed by atoms with van der Waals surface area (Å²) in [5.41, 5.74) is -0.555. The van der Waals surface area contributed by atoms with Crippen molar-refractivity contribution in [2.75, 3.05) is 31.6 Å². The van der Waals surface area contributed by atoms with Crippen LogP contribution in [-0.2, 0) is 29.1 Å². The molecule has 10 atom stereocenters. The Morgan fingerprint density at radius 1 is 1.00 bits per heavy atom. The van der Waals surface area contributed by atoms with E-state index in [4.69, 9.17) is 14.2 Å². The van der Waals surface area contributed by atoms with E-state index in [2.05, 4.69) is 32.2 Å². The van der Waals surface area contributed by atoms with Gasteiger partial charge in [0, 0.05) is 36.4 Å². The molecule has 4 heterocycles. The average Bonchev–Trinajstić information content (AvgIpc) is 4.15. The SMILES string of the molecule is C[C@@H]1CC/C=C\C2C[C@@]2(C(=O)NS(=O)(=O)C2CC2)NC(=O)[C@@H]2C[C@@H](Oc3nccc4c5c(ccc34)N(C)CCO5)CN2C(=O)[C@@H](NC(=O)OC2C[C@@H]3C[C@@H]3C2)[C@H](C)C1. The minimum absolute atomic E-state index is 0.000755. The number of carbonyl (C=O) groups is 4. The monoisotopic (exact) mass is 818 g/mol. The van der Waals surface area contributed by atoms with Crippen LogP contribution >= 0.6 is 0 Å². The predicted molar refractivity (Wildman–Crippen MR) is 213 cm³/mol. The molecule has 5 fully saturated rings. The number of allylic oxidation sites excluding steroid dienone is 1. The molecule has 0 radical (unpaired) electrons. The molecule has 1 saturated heterocycles. The lowest BCUT2D eigenvalue weighted by Crippen LogP contribution is -2.59. The van der Waals surface area contributed by atoms with Gasteiger partial charge in [0.15, 0.2) is 5.75 Å². The fourth-order valence-electron chi connectivity index (χ4n) is 9.86. The number of alkyl carbamates (subject to hydrolysis) is 1. The van der Waals surface area contributed by atoms with Crippen LogP contribution in [0.2, 0.25) is 0 Å². The molecule has 3 aliphatic heterocycles. The number of ether oxygens (including phenoxy) is 3. The average molecular weight is 819 g/mol. The van der Waals surface area contributed by atoms with Gasteiger partial charge in [0.2, 0.25) is 27.7 Å². The first-order valence-electron chi connectivity index (χ1n) is 21.0. The number of likely N-dealkylation sites (N-methyl/N-ethyl adjacent to an activating group) is 1. The maximum Gasteiger partial charge on any atom is 0.408 e. The minimum atomic E-state index is -3.90. The number of carbonyl (C=O) groups excluding carboxylic acids is 4. The number of rotatable bonds is 7. The number of anilines is 1. The fraction of sp³-hybridized carbons (Fsp3) is 0.643. The van der Waals surface area contributed by atoms with E-state index in [0.717, 1.165) is 42.6 Å². The highest BCUT2D eigenvalue weighted by atomic mass is 32.2. The molecule has 7 aliphatic rings. The number of hydrogen-bond donors (Lipinski definition) is 3. The predicted octanol–water partition coefficient (Wildman–Crippen LogP) is 3.80. The van der Waals surface area contributed by atoms with Gasteiger partial charge < -0.3 is 34.6 Å². The summed E-state index contributed by atoms with van der Waals surface area (Å²) in [5.74, 6) is -0.147. The van der Waals surface area contributed by atoms with Crippen molar-refractivity contribution >= 4 is 50.3 Å². The maximum absolute atomic E-state index is 14.9. The first-order valence-corrected chi connectivity index (χ1v) is 22.6. The second kappa shape index (κ2) is 14.9. The number of aromatic nitrogens is 1. The number of sulfonamides is 1. The van der Waals surface area contributed by atoms with Crippen molar-refractivity contribution in [2.24, 2.45) is 29.6 Å². The maximum atomic E-state index is 14.9. The lowest BCUT2D eigenvalue weighted by Gasteiger charge is -2.33. The second-order valence-electron chi connectivity index (χ2n) is 18.0. The lowest BCUT2D eigenvalue weighted by atomic mass is 9.88. The molecule has 16 heteroatoms. The van der Waals surface area contributed by atoms with Crippen molar-refractivity contribution in [3.63, 3.8) is 0 Å². The third-order valence-electron chi connectivity index (χ3n) is 13.6. The molecular formula is C42H54N6O9S. The standard InChI is InChI=1S/C42H54N6O9S/c1-23-6-4-5-7-27-21-42(27,40(51)46-58(53,54)30-8-9-30)45-37(49)34-20-29(56-38-32-10-11-33-36(31(32)12-13-43-38)55-15-14-47(33)3)22-48(34)39(50)35(24(2)16-23)44-41(52)57-28-18-25-17-26(25)19-28/h5,7,10-13,23-30,34-35H,4,6,8-9,14-22H2,1-3H3,(H,44,52)(H,45,49)(H,46,51)/b7-5-/t23-,24-,25-,26+,27?,28?,29-,34+,35+,42-/m1/s1. The molecule has 3 N–H and O–H groups in total. The van der Waals surface area contributed by atoms with E-state index in [1.54, 1.807) is 6.20 Å². The first kappa shape index (κ1) is 38.9. The van der Waals surface area contributed by atoms with Crippen molar-refractivity contribution in [1.29, 1.82) is 0 Å². The van der Waals surface area contributed by atoms with Crippen molar-refractivity contribution in [1.82, 2.24) is 25.2 Å². The Kier molecular flexibility index (Phi) is 9.99. The van der Waals surface area contributed by atoms with E-state index in [-0.39, 0.29) is 37.3 Å². The molecule has 4 amide bonds. The Bertz CT molecular complexity index is 2140. The van der Waals surface area contributed by atoms with Crippen LogP contribution in [0, 0.1) is 29.6 Å². The molecule has 58 heavy (non-hydrogen) atoms. The Morgan fingerprint density at radius 3 is 2.57 bits per heavy atom. The summed E-state index contributed by atoms with van der Waals surface area (Å²) in [4.78, 5) is 65.0. The largest absolute Gasteiger partial charge is 0.489 e. The van der Waals surface area contributed by atoms with Crippen LogP contribution in [0.25, 0.3) is 10.8 Å². The van der Waals surface area contributed by atoms with Gasteiger partial charge in [-0.15, -0.1) is 0 Å². The smallest absolute Gasteiger partial charge is 0.408 e. The van der Waals surface area contributed by atoms with Crippen LogP contribution < -0.4 is 29.7 Å². The molecule has 15 nitrogen and oxygen atoms in total. The summed E-state index contributed by atoms with van der Waals surface area (Å²) in [6, 6.07) is 3.64. The number of amides is 4. The van der Waals surface area contributed by atoms with E-state index < -0.39 is 68.7 Å². The first-order chi connectivity index (χ1) is 27.8. The summed E-state index contributed by atoms with van der Waals surface area (Å²) in [5, 5.41) is 6.76. The fourth-order valence-corrected chi connectivity index (χ4v) is 11.2. The van der Waals surface area contributed by atoms with Crippen LogP contribution in [-0.4, -0.2) is 104 Å². The number of pyridine rings is 1. The van der Waals surface area contributed by atoms with E-state index in [0.29, 0.717) is 55.4 Å². The number of fused-ring (bicyclic) bond motifs is 6. The molecule has 0 bridgehead atoms. The molecule has 1 aromatic carbocycles. The summed E-state index contributed by atoms with van der Waals surface area (Å²) >= 11 is 0. The van der Waals surface area contributed by atoms with Gasteiger partial charge >= 0.3 is 6.09 Å². The molecule has 1 aromatic heterocycles. The third kappa shape index (κ3) is 7.56. The van der Waals surface area contributed by atoms with Gasteiger partial charge in [-0.1, -0.05) is 26.0 Å². The number of nitrogens with zero attached hydrogens (tertiary/aromatic N) is 3. The minimum Gasteiger partial charge on any atom is -0.489 e. The van der Waals surface area contributed by atoms with Crippen molar-refractivity contribution in [2.45, 2.75) is 113 Å². The highest BCUT2D eigenvalue weighted by molar-refractivity contribution is 7.91. The van der Waals surface area contributed by atoms with E-state index in [1.165, 1.54) is 11.3 Å². The normalized spacial score (nSPS) is 35.1. The molecule has 4 aliphatic carbocycles. The molecular weight excluding hydrogens is 765 g/mol. The van der Waals surface area contributed by atoms with E-state index >= 15 is 0 Å². The second-order valence-corrected chi connectivity index (χ2v) is 20.0. The van der Waals surface area contributed by atoms with E-state index in [9.17, 15) is 27.6 Å². The number of benzene rings is 1. The highest BCUT2D eigenvalue weighted by Gasteiger charge is 2.62.